The van der Waals surface area contributed by atoms with E-state index in [4.69, 9.17) is 5.73 Å². The summed E-state index contributed by atoms with van der Waals surface area (Å²) in [5.74, 6) is -2.19. The normalized spacial score (nSPS) is 13.1. The summed E-state index contributed by atoms with van der Waals surface area (Å²) in [5.41, 5.74) is 4.37. The van der Waals surface area contributed by atoms with Crippen LogP contribution >= 0.6 is 28.3 Å². The van der Waals surface area contributed by atoms with E-state index in [1.807, 2.05) is 0 Å². The van der Waals surface area contributed by atoms with Gasteiger partial charge in [-0.1, -0.05) is 0 Å². The van der Waals surface area contributed by atoms with Crippen molar-refractivity contribution in [1.29, 1.82) is 0 Å². The fourth-order valence-corrected chi connectivity index (χ4v) is 1.58. The second kappa shape index (κ2) is 5.97. The van der Waals surface area contributed by atoms with Crippen molar-refractivity contribution in [2.24, 2.45) is 5.73 Å². The maximum atomic E-state index is 13.4. The predicted octanol–water partition coefficient (Wildman–Crippen LogP) is 4.10. The fourth-order valence-electron chi connectivity index (χ4n) is 1.23. The molecule has 0 aliphatic heterocycles. The van der Waals surface area contributed by atoms with Gasteiger partial charge in [-0.05, 0) is 28.1 Å². The zero-order valence-corrected chi connectivity index (χ0v) is 10.6. The molecule has 1 rings (SSSR count). The molecule has 1 nitrogen and oxygen atoms in total. The van der Waals surface area contributed by atoms with E-state index < -0.39 is 35.8 Å². The maximum Gasteiger partial charge on any atom is 0.390 e. The lowest BCUT2D eigenvalue weighted by Gasteiger charge is -2.16. The molecule has 0 aromatic heterocycles. The van der Waals surface area contributed by atoms with Gasteiger partial charge >= 0.3 is 6.18 Å². The predicted molar refractivity (Wildman–Crippen MR) is 58.9 cm³/mol. The van der Waals surface area contributed by atoms with E-state index >= 15 is 0 Å². The average Bonchev–Trinajstić information content (AvgIpc) is 2.09. The topological polar surface area (TPSA) is 26.0 Å². The number of halogens is 7. The van der Waals surface area contributed by atoms with Crippen molar-refractivity contribution in [1.82, 2.24) is 0 Å². The molecular formula is C9H8BrClF5N. The van der Waals surface area contributed by atoms with Gasteiger partial charge in [-0.25, -0.2) is 8.78 Å². The molecule has 0 aliphatic carbocycles. The van der Waals surface area contributed by atoms with Gasteiger partial charge in [-0.2, -0.15) is 13.2 Å². The minimum atomic E-state index is -4.57. The van der Waals surface area contributed by atoms with Gasteiger partial charge in [0.15, 0.2) is 0 Å². The van der Waals surface area contributed by atoms with E-state index in [1.165, 1.54) is 0 Å². The molecule has 0 bridgehead atoms. The van der Waals surface area contributed by atoms with Crippen LogP contribution in [0.2, 0.25) is 0 Å². The van der Waals surface area contributed by atoms with E-state index in [0.717, 1.165) is 12.1 Å². The number of nitrogens with two attached hydrogens (primary N) is 1. The highest BCUT2D eigenvalue weighted by Gasteiger charge is 2.33. The first-order valence-corrected chi connectivity index (χ1v) is 4.97. The molecule has 0 heterocycles. The molecule has 0 unspecified atom stereocenters. The van der Waals surface area contributed by atoms with Crippen molar-refractivity contribution in [3.8, 4) is 0 Å². The van der Waals surface area contributed by atoms with E-state index in [0.29, 0.717) is 0 Å². The third kappa shape index (κ3) is 4.40. The molecule has 0 fully saturated rings. The van der Waals surface area contributed by atoms with Crippen molar-refractivity contribution in [2.45, 2.75) is 18.6 Å². The molecule has 2 N–H and O–H groups in total. The Bertz CT molecular complexity index is 396. The summed E-state index contributed by atoms with van der Waals surface area (Å²) in [7, 11) is 0. The summed E-state index contributed by atoms with van der Waals surface area (Å²) in [6.07, 6.45) is -6.04. The molecule has 1 aromatic carbocycles. The lowest BCUT2D eigenvalue weighted by atomic mass is 10.0. The Kier molecular flexibility index (Phi) is 5.83. The standard InChI is InChI=1S/C9H7BrF5N.ClH/c10-4-1-2-5(11)7(8(4)12)6(16)3-9(13,14)15;/h1-2,6H,3,16H2;1H/t6-;/m0./s1. The first-order valence-electron chi connectivity index (χ1n) is 4.18. The average molecular weight is 341 g/mol. The summed E-state index contributed by atoms with van der Waals surface area (Å²) in [4.78, 5) is 0. The minimum Gasteiger partial charge on any atom is -0.323 e. The molecule has 8 heteroatoms. The first kappa shape index (κ1) is 16.6. The Morgan fingerprint density at radius 2 is 1.76 bits per heavy atom. The van der Waals surface area contributed by atoms with Crippen LogP contribution in [-0.2, 0) is 0 Å². The van der Waals surface area contributed by atoms with Gasteiger partial charge in [0, 0.05) is 11.6 Å². The summed E-state index contributed by atoms with van der Waals surface area (Å²) in [6.45, 7) is 0. The molecule has 1 atom stereocenters. The minimum absolute atomic E-state index is 0. The quantitative estimate of drug-likeness (QED) is 0.636. The van der Waals surface area contributed by atoms with Crippen LogP contribution in [-0.4, -0.2) is 6.18 Å². The highest BCUT2D eigenvalue weighted by atomic mass is 79.9. The van der Waals surface area contributed by atoms with Crippen LogP contribution in [0.5, 0.6) is 0 Å². The summed E-state index contributed by atoms with van der Waals surface area (Å²) >= 11 is 2.75. The third-order valence-corrected chi connectivity index (χ3v) is 2.51. The number of benzene rings is 1. The van der Waals surface area contributed by atoms with Gasteiger partial charge < -0.3 is 5.73 Å². The van der Waals surface area contributed by atoms with Gasteiger partial charge in [0.05, 0.1) is 10.9 Å². The summed E-state index contributed by atoms with van der Waals surface area (Å²) < 4.78 is 62.4. The Morgan fingerprint density at radius 3 is 2.24 bits per heavy atom. The molecule has 17 heavy (non-hydrogen) atoms. The van der Waals surface area contributed by atoms with Crippen molar-refractivity contribution in [2.75, 3.05) is 0 Å². The lowest BCUT2D eigenvalue weighted by Crippen LogP contribution is -2.22. The smallest absolute Gasteiger partial charge is 0.323 e. The zero-order chi connectivity index (χ0) is 12.5. The Balaban J connectivity index is 0.00000256. The van der Waals surface area contributed by atoms with Gasteiger partial charge in [0.1, 0.15) is 11.6 Å². The number of hydrogen-bond donors (Lipinski definition) is 1. The number of rotatable bonds is 2. The van der Waals surface area contributed by atoms with Gasteiger partial charge in [0.25, 0.3) is 0 Å². The van der Waals surface area contributed by atoms with Crippen LogP contribution in [0.15, 0.2) is 16.6 Å². The van der Waals surface area contributed by atoms with Crippen molar-refractivity contribution in [3.05, 3.63) is 33.8 Å². The second-order valence-electron chi connectivity index (χ2n) is 3.18. The molecule has 98 valence electrons. The highest BCUT2D eigenvalue weighted by molar-refractivity contribution is 9.10. The van der Waals surface area contributed by atoms with Crippen LogP contribution in [0, 0.1) is 11.6 Å². The van der Waals surface area contributed by atoms with Gasteiger partial charge in [-0.15, -0.1) is 12.4 Å². The Hall–Kier alpha value is -0.400. The SMILES string of the molecule is Cl.N[C@@H](CC(F)(F)F)c1c(F)ccc(Br)c1F. The largest absolute Gasteiger partial charge is 0.390 e. The van der Waals surface area contributed by atoms with Crippen LogP contribution in [0.1, 0.15) is 18.0 Å². The van der Waals surface area contributed by atoms with Crippen LogP contribution < -0.4 is 5.73 Å². The van der Waals surface area contributed by atoms with E-state index in [2.05, 4.69) is 15.9 Å². The summed E-state index contributed by atoms with van der Waals surface area (Å²) in [5, 5.41) is 0. The van der Waals surface area contributed by atoms with Crippen molar-refractivity contribution >= 4 is 28.3 Å². The monoisotopic (exact) mass is 339 g/mol. The molecule has 0 aliphatic rings. The first-order chi connectivity index (χ1) is 7.22. The van der Waals surface area contributed by atoms with E-state index in [-0.39, 0.29) is 16.9 Å². The molecule has 1 aromatic rings. The number of alkyl halides is 3. The van der Waals surface area contributed by atoms with Crippen molar-refractivity contribution in [3.63, 3.8) is 0 Å². The van der Waals surface area contributed by atoms with E-state index in [9.17, 15) is 22.0 Å². The maximum absolute atomic E-state index is 13.4. The molecule has 0 amide bonds. The molecule has 0 saturated heterocycles. The Labute approximate surface area is 109 Å². The van der Waals surface area contributed by atoms with E-state index in [1.54, 1.807) is 0 Å². The summed E-state index contributed by atoms with van der Waals surface area (Å²) in [6, 6.07) is 0.172. The second-order valence-corrected chi connectivity index (χ2v) is 4.04. The molecule has 0 spiro atoms. The van der Waals surface area contributed by atoms with Crippen LogP contribution in [0.4, 0.5) is 22.0 Å². The number of hydrogen-bond acceptors (Lipinski definition) is 1. The Morgan fingerprint density at radius 1 is 1.24 bits per heavy atom. The third-order valence-electron chi connectivity index (χ3n) is 1.90. The fraction of sp³-hybridized carbons (Fsp3) is 0.333. The van der Waals surface area contributed by atoms with Crippen molar-refractivity contribution < 1.29 is 22.0 Å². The van der Waals surface area contributed by atoms with Gasteiger partial charge in [0.2, 0.25) is 0 Å². The molecular weight excluding hydrogens is 332 g/mol. The lowest BCUT2D eigenvalue weighted by molar-refractivity contribution is -0.138. The molecule has 0 radical (unpaired) electrons. The van der Waals surface area contributed by atoms with Gasteiger partial charge in [-0.3, -0.25) is 0 Å². The zero-order valence-electron chi connectivity index (χ0n) is 8.19. The van der Waals surface area contributed by atoms with Crippen LogP contribution in [0.3, 0.4) is 0 Å². The van der Waals surface area contributed by atoms with Crippen LogP contribution in [0.25, 0.3) is 0 Å². The highest BCUT2D eigenvalue weighted by Crippen LogP contribution is 2.32. The molecule has 0 saturated carbocycles.